The number of carbonyl (C=O) groups excluding carboxylic acids is 1. The molecule has 0 radical (unpaired) electrons. The molecule has 2 aliphatic carbocycles. The molecule has 1 aromatic heterocycles. The Morgan fingerprint density at radius 3 is 2.25 bits per heavy atom. The van der Waals surface area contributed by atoms with Gasteiger partial charge in [0.1, 0.15) is 5.82 Å². The lowest BCUT2D eigenvalue weighted by Gasteiger charge is -2.29. The van der Waals surface area contributed by atoms with Crippen LogP contribution in [0, 0.1) is 0 Å². The highest BCUT2D eigenvalue weighted by Gasteiger charge is 2.38. The molecule has 0 spiro atoms. The number of anilines is 1. The summed E-state index contributed by atoms with van der Waals surface area (Å²) in [5.74, 6) is 1.07. The van der Waals surface area contributed by atoms with Crippen LogP contribution in [0.5, 0.6) is 0 Å². The van der Waals surface area contributed by atoms with Gasteiger partial charge in [-0.3, -0.25) is 4.79 Å². The Kier molecular flexibility index (Phi) is 3.64. The van der Waals surface area contributed by atoms with Crippen molar-refractivity contribution in [1.29, 1.82) is 0 Å². The average molecular weight is 273 g/mol. The number of carbonyl (C=O) groups is 1. The molecule has 4 heteroatoms. The Balaban J connectivity index is 1.78. The van der Waals surface area contributed by atoms with Gasteiger partial charge in [0.05, 0.1) is 5.56 Å². The molecule has 2 saturated carbocycles. The van der Waals surface area contributed by atoms with Gasteiger partial charge in [-0.2, -0.15) is 0 Å². The van der Waals surface area contributed by atoms with Crippen molar-refractivity contribution >= 4 is 11.7 Å². The maximum Gasteiger partial charge on any atom is 0.255 e. The molecule has 2 fully saturated rings. The van der Waals surface area contributed by atoms with Crippen LogP contribution in [0.4, 0.5) is 5.82 Å². The molecule has 1 aromatic rings. The van der Waals surface area contributed by atoms with E-state index in [1.165, 1.54) is 38.5 Å². The minimum Gasteiger partial charge on any atom is -0.363 e. The molecule has 0 N–H and O–H groups in total. The van der Waals surface area contributed by atoms with Crippen LogP contribution in [-0.2, 0) is 0 Å². The fraction of sp³-hybridized carbons (Fsp3) is 0.625. The minimum atomic E-state index is 0.178. The van der Waals surface area contributed by atoms with Gasteiger partial charge in [-0.1, -0.05) is 12.8 Å². The number of hydrogen-bond donors (Lipinski definition) is 0. The quantitative estimate of drug-likeness (QED) is 0.846. The van der Waals surface area contributed by atoms with Crippen LogP contribution < -0.4 is 4.90 Å². The van der Waals surface area contributed by atoms with Crippen LogP contribution in [0.3, 0.4) is 0 Å². The lowest BCUT2D eigenvalue weighted by Crippen LogP contribution is -2.40. The highest BCUT2D eigenvalue weighted by molar-refractivity contribution is 5.94. The second-order valence-electron chi connectivity index (χ2n) is 6.18. The molecule has 0 atom stereocenters. The van der Waals surface area contributed by atoms with E-state index >= 15 is 0 Å². The van der Waals surface area contributed by atoms with Gasteiger partial charge >= 0.3 is 0 Å². The molecular weight excluding hydrogens is 250 g/mol. The second-order valence-corrected chi connectivity index (χ2v) is 6.18. The zero-order valence-corrected chi connectivity index (χ0v) is 12.4. The van der Waals surface area contributed by atoms with Crippen molar-refractivity contribution in [2.45, 2.75) is 50.6 Å². The van der Waals surface area contributed by atoms with Crippen molar-refractivity contribution in [3.63, 3.8) is 0 Å². The fourth-order valence-corrected chi connectivity index (χ4v) is 3.09. The summed E-state index contributed by atoms with van der Waals surface area (Å²) >= 11 is 0. The van der Waals surface area contributed by atoms with Crippen molar-refractivity contribution < 1.29 is 4.79 Å². The normalized spacial score (nSPS) is 19.1. The van der Waals surface area contributed by atoms with E-state index in [1.807, 2.05) is 31.1 Å². The molecule has 20 heavy (non-hydrogen) atoms. The zero-order valence-electron chi connectivity index (χ0n) is 12.4. The molecule has 0 saturated heterocycles. The van der Waals surface area contributed by atoms with Crippen LogP contribution in [0.2, 0.25) is 0 Å². The topological polar surface area (TPSA) is 36.4 Å². The first kappa shape index (κ1) is 13.4. The molecule has 0 unspecified atom stereocenters. The molecule has 3 rings (SSSR count). The van der Waals surface area contributed by atoms with Gasteiger partial charge in [0, 0.05) is 32.4 Å². The smallest absolute Gasteiger partial charge is 0.255 e. The fourth-order valence-electron chi connectivity index (χ4n) is 3.09. The lowest BCUT2D eigenvalue weighted by atomic mass is 10.1. The first-order valence-electron chi connectivity index (χ1n) is 7.63. The molecule has 1 heterocycles. The van der Waals surface area contributed by atoms with Crippen LogP contribution >= 0.6 is 0 Å². The maximum absolute atomic E-state index is 12.8. The number of amides is 1. The van der Waals surface area contributed by atoms with Crippen LogP contribution in [0.15, 0.2) is 18.3 Å². The molecule has 2 aliphatic rings. The Bertz CT molecular complexity index is 473. The molecule has 1 amide bonds. The maximum atomic E-state index is 12.8. The summed E-state index contributed by atoms with van der Waals surface area (Å²) in [4.78, 5) is 21.2. The Hall–Kier alpha value is -1.58. The van der Waals surface area contributed by atoms with Crippen molar-refractivity contribution in [3.05, 3.63) is 23.9 Å². The molecule has 0 aromatic carbocycles. The van der Waals surface area contributed by atoms with E-state index in [4.69, 9.17) is 0 Å². The van der Waals surface area contributed by atoms with E-state index < -0.39 is 0 Å². The Labute approximate surface area is 120 Å². The van der Waals surface area contributed by atoms with E-state index in [0.717, 1.165) is 11.4 Å². The van der Waals surface area contributed by atoms with Gasteiger partial charge in [0.15, 0.2) is 0 Å². The second kappa shape index (κ2) is 5.43. The van der Waals surface area contributed by atoms with Crippen LogP contribution in [-0.4, -0.2) is 42.0 Å². The van der Waals surface area contributed by atoms with Crippen molar-refractivity contribution in [2.75, 3.05) is 19.0 Å². The van der Waals surface area contributed by atoms with Crippen molar-refractivity contribution in [2.24, 2.45) is 0 Å². The standard InChI is InChI=1S/C16H23N3O/c1-18(2)15-10-7-12(11-17-15)16(20)19(14-8-9-14)13-5-3-4-6-13/h7,10-11,13-14H,3-6,8-9H2,1-2H3. The third kappa shape index (κ3) is 2.65. The first-order chi connectivity index (χ1) is 9.66. The highest BCUT2D eigenvalue weighted by Crippen LogP contribution is 2.35. The lowest BCUT2D eigenvalue weighted by molar-refractivity contribution is 0.0664. The summed E-state index contributed by atoms with van der Waals surface area (Å²) in [5, 5.41) is 0. The number of hydrogen-bond acceptors (Lipinski definition) is 3. The van der Waals surface area contributed by atoms with Gasteiger partial charge in [-0.25, -0.2) is 4.98 Å². The van der Waals surface area contributed by atoms with E-state index in [2.05, 4.69) is 9.88 Å². The third-order valence-corrected chi connectivity index (χ3v) is 4.35. The summed E-state index contributed by atoms with van der Waals surface area (Å²) in [6, 6.07) is 4.78. The van der Waals surface area contributed by atoms with E-state index in [0.29, 0.717) is 12.1 Å². The molecule has 108 valence electrons. The van der Waals surface area contributed by atoms with Gasteiger partial charge in [-0.15, -0.1) is 0 Å². The number of nitrogens with zero attached hydrogens (tertiary/aromatic N) is 3. The number of pyridine rings is 1. The summed E-state index contributed by atoms with van der Waals surface area (Å²) < 4.78 is 0. The summed E-state index contributed by atoms with van der Waals surface area (Å²) in [7, 11) is 3.91. The summed E-state index contributed by atoms with van der Waals surface area (Å²) in [6.45, 7) is 0. The van der Waals surface area contributed by atoms with Gasteiger partial charge < -0.3 is 9.80 Å². The summed E-state index contributed by atoms with van der Waals surface area (Å²) in [6.07, 6.45) is 8.94. The van der Waals surface area contributed by atoms with Crippen LogP contribution in [0.25, 0.3) is 0 Å². The molecule has 4 nitrogen and oxygen atoms in total. The van der Waals surface area contributed by atoms with Gasteiger partial charge in [-0.05, 0) is 37.8 Å². The molecule has 0 bridgehead atoms. The molecular formula is C16H23N3O. The van der Waals surface area contributed by atoms with E-state index in [-0.39, 0.29) is 5.91 Å². The summed E-state index contributed by atoms with van der Waals surface area (Å²) in [5.41, 5.74) is 0.731. The van der Waals surface area contributed by atoms with E-state index in [1.54, 1.807) is 6.20 Å². The monoisotopic (exact) mass is 273 g/mol. The SMILES string of the molecule is CN(C)c1ccc(C(=O)N(C2CCCC2)C2CC2)cn1. The average Bonchev–Trinajstić information content (AvgIpc) is 3.13. The molecule has 0 aliphatic heterocycles. The zero-order chi connectivity index (χ0) is 14.1. The highest BCUT2D eigenvalue weighted by atomic mass is 16.2. The number of aromatic nitrogens is 1. The largest absolute Gasteiger partial charge is 0.363 e. The van der Waals surface area contributed by atoms with Crippen molar-refractivity contribution in [1.82, 2.24) is 9.88 Å². The minimum absolute atomic E-state index is 0.178. The Morgan fingerprint density at radius 1 is 1.10 bits per heavy atom. The third-order valence-electron chi connectivity index (χ3n) is 4.35. The van der Waals surface area contributed by atoms with E-state index in [9.17, 15) is 4.79 Å². The first-order valence-corrected chi connectivity index (χ1v) is 7.63. The van der Waals surface area contributed by atoms with Gasteiger partial charge in [0.25, 0.3) is 5.91 Å². The predicted octanol–water partition coefficient (Wildman–Crippen LogP) is 2.69. The number of rotatable bonds is 4. The predicted molar refractivity (Wildman–Crippen MR) is 80.0 cm³/mol. The Morgan fingerprint density at radius 2 is 1.75 bits per heavy atom. The van der Waals surface area contributed by atoms with Gasteiger partial charge in [0.2, 0.25) is 0 Å². The van der Waals surface area contributed by atoms with Crippen LogP contribution in [0.1, 0.15) is 48.9 Å². The van der Waals surface area contributed by atoms with Crippen molar-refractivity contribution in [3.8, 4) is 0 Å².